The number of ether oxygens (including phenoxy) is 1. The van der Waals surface area contributed by atoms with Gasteiger partial charge in [-0.15, -0.1) is 0 Å². The van der Waals surface area contributed by atoms with Gasteiger partial charge in [-0.05, 0) is 19.8 Å². The van der Waals surface area contributed by atoms with Gasteiger partial charge >= 0.3 is 0 Å². The largest absolute Gasteiger partial charge is 0.382 e. The average molecular weight is 186 g/mol. The lowest BCUT2D eigenvalue weighted by Gasteiger charge is -2.01. The molecular formula is C11H22O2. The minimum absolute atomic E-state index is 0.735. The number of carbonyl (C=O) groups excluding carboxylic acids is 1. The van der Waals surface area contributed by atoms with Gasteiger partial charge in [0.15, 0.2) is 0 Å². The van der Waals surface area contributed by atoms with Crippen LogP contribution in [0.25, 0.3) is 0 Å². The van der Waals surface area contributed by atoms with E-state index in [-0.39, 0.29) is 0 Å². The van der Waals surface area contributed by atoms with Gasteiger partial charge in [0, 0.05) is 19.6 Å². The molecule has 0 rings (SSSR count). The number of hydrogen-bond acceptors (Lipinski definition) is 2. The van der Waals surface area contributed by atoms with Gasteiger partial charge in [0.1, 0.15) is 6.29 Å². The third-order valence-electron chi connectivity index (χ3n) is 2.06. The van der Waals surface area contributed by atoms with E-state index in [4.69, 9.17) is 4.74 Å². The molecule has 0 aromatic carbocycles. The maximum atomic E-state index is 10.00. The molecule has 0 bridgehead atoms. The molecule has 0 unspecified atom stereocenters. The van der Waals surface area contributed by atoms with Crippen LogP contribution in [0.15, 0.2) is 0 Å². The van der Waals surface area contributed by atoms with Crippen molar-refractivity contribution in [3.05, 3.63) is 0 Å². The standard InChI is InChI=1S/C11H22O2/c1-2-13-11-9-7-5-3-4-6-8-10-12/h10H,2-9,11H2,1H3. The van der Waals surface area contributed by atoms with Crippen molar-refractivity contribution in [2.24, 2.45) is 0 Å². The molecule has 0 aliphatic heterocycles. The Morgan fingerprint density at radius 1 is 1.00 bits per heavy atom. The molecule has 2 nitrogen and oxygen atoms in total. The lowest BCUT2D eigenvalue weighted by Crippen LogP contribution is -1.92. The van der Waals surface area contributed by atoms with Crippen LogP contribution >= 0.6 is 0 Å². The molecule has 13 heavy (non-hydrogen) atoms. The predicted molar refractivity (Wildman–Crippen MR) is 54.9 cm³/mol. The number of hydrogen-bond donors (Lipinski definition) is 0. The molecule has 0 heterocycles. The van der Waals surface area contributed by atoms with E-state index in [1.807, 2.05) is 6.92 Å². The predicted octanol–water partition coefficient (Wildman–Crippen LogP) is 2.95. The zero-order chi connectivity index (χ0) is 9.78. The van der Waals surface area contributed by atoms with E-state index in [0.717, 1.165) is 32.3 Å². The van der Waals surface area contributed by atoms with Crippen LogP contribution in [-0.2, 0) is 9.53 Å². The smallest absolute Gasteiger partial charge is 0.119 e. The van der Waals surface area contributed by atoms with Gasteiger partial charge in [0.05, 0.1) is 0 Å². The Hall–Kier alpha value is -0.370. The molecule has 78 valence electrons. The number of rotatable bonds is 10. The van der Waals surface area contributed by atoms with Gasteiger partial charge in [0.2, 0.25) is 0 Å². The molecule has 0 aromatic heterocycles. The second-order valence-electron chi connectivity index (χ2n) is 3.27. The normalized spacial score (nSPS) is 10.2. The summed E-state index contributed by atoms with van der Waals surface area (Å²) in [7, 11) is 0. The molecule has 0 atom stereocenters. The third-order valence-corrected chi connectivity index (χ3v) is 2.06. The van der Waals surface area contributed by atoms with Gasteiger partial charge in [-0.3, -0.25) is 0 Å². The van der Waals surface area contributed by atoms with Crippen molar-refractivity contribution in [2.75, 3.05) is 13.2 Å². The van der Waals surface area contributed by atoms with E-state index < -0.39 is 0 Å². The minimum atomic E-state index is 0.735. The van der Waals surface area contributed by atoms with Gasteiger partial charge < -0.3 is 9.53 Å². The van der Waals surface area contributed by atoms with Crippen LogP contribution in [0.3, 0.4) is 0 Å². The van der Waals surface area contributed by atoms with Crippen molar-refractivity contribution in [2.45, 2.75) is 51.9 Å². The van der Waals surface area contributed by atoms with E-state index >= 15 is 0 Å². The first-order chi connectivity index (χ1) is 6.41. The van der Waals surface area contributed by atoms with Crippen LogP contribution in [0.1, 0.15) is 51.9 Å². The highest BCUT2D eigenvalue weighted by molar-refractivity contribution is 5.48. The maximum absolute atomic E-state index is 10.00. The third kappa shape index (κ3) is 11.6. The van der Waals surface area contributed by atoms with E-state index in [1.165, 1.54) is 32.1 Å². The second-order valence-corrected chi connectivity index (χ2v) is 3.27. The first kappa shape index (κ1) is 12.6. The molecule has 0 N–H and O–H groups in total. The van der Waals surface area contributed by atoms with Crippen molar-refractivity contribution in [1.82, 2.24) is 0 Å². The van der Waals surface area contributed by atoms with Crippen LogP contribution in [0, 0.1) is 0 Å². The second kappa shape index (κ2) is 11.6. The fraction of sp³-hybridized carbons (Fsp3) is 0.909. The van der Waals surface area contributed by atoms with E-state index in [1.54, 1.807) is 0 Å². The highest BCUT2D eigenvalue weighted by Crippen LogP contribution is 2.06. The molecule has 0 saturated carbocycles. The summed E-state index contributed by atoms with van der Waals surface area (Å²) in [6.45, 7) is 3.77. The number of aldehydes is 1. The van der Waals surface area contributed by atoms with Crippen molar-refractivity contribution < 1.29 is 9.53 Å². The molecule has 0 aliphatic carbocycles. The summed E-state index contributed by atoms with van der Waals surface area (Å²) in [5.74, 6) is 0. The molecule has 0 amide bonds. The quantitative estimate of drug-likeness (QED) is 0.387. The molecule has 2 heteroatoms. The number of unbranched alkanes of at least 4 members (excludes halogenated alkanes) is 6. The first-order valence-electron chi connectivity index (χ1n) is 5.43. The summed E-state index contributed by atoms with van der Waals surface area (Å²) in [5, 5.41) is 0. The molecule has 0 aromatic rings. The fourth-order valence-corrected chi connectivity index (χ4v) is 1.28. The zero-order valence-electron chi connectivity index (χ0n) is 8.76. The lowest BCUT2D eigenvalue weighted by atomic mass is 10.1. The Morgan fingerprint density at radius 3 is 2.23 bits per heavy atom. The van der Waals surface area contributed by atoms with Crippen LogP contribution in [0.4, 0.5) is 0 Å². The van der Waals surface area contributed by atoms with E-state index in [2.05, 4.69) is 0 Å². The number of carbonyl (C=O) groups is 1. The molecular weight excluding hydrogens is 164 g/mol. The topological polar surface area (TPSA) is 26.3 Å². The van der Waals surface area contributed by atoms with Gasteiger partial charge in [-0.2, -0.15) is 0 Å². The molecule has 0 aliphatic rings. The fourth-order valence-electron chi connectivity index (χ4n) is 1.28. The van der Waals surface area contributed by atoms with E-state index in [0.29, 0.717) is 0 Å². The van der Waals surface area contributed by atoms with Crippen molar-refractivity contribution in [3.8, 4) is 0 Å². The Kier molecular flexibility index (Phi) is 11.3. The Labute approximate surface area is 81.7 Å². The molecule has 0 fully saturated rings. The summed E-state index contributed by atoms with van der Waals surface area (Å²) in [4.78, 5) is 10.00. The van der Waals surface area contributed by atoms with Crippen LogP contribution in [0.2, 0.25) is 0 Å². The molecule has 0 saturated heterocycles. The summed E-state index contributed by atoms with van der Waals surface area (Å²) in [6, 6.07) is 0. The summed E-state index contributed by atoms with van der Waals surface area (Å²) >= 11 is 0. The summed E-state index contributed by atoms with van der Waals surface area (Å²) in [5.41, 5.74) is 0. The first-order valence-corrected chi connectivity index (χ1v) is 5.43. The summed E-state index contributed by atoms with van der Waals surface area (Å²) < 4.78 is 5.23. The van der Waals surface area contributed by atoms with Gasteiger partial charge in [-0.1, -0.05) is 25.7 Å². The van der Waals surface area contributed by atoms with Crippen LogP contribution in [-0.4, -0.2) is 19.5 Å². The zero-order valence-corrected chi connectivity index (χ0v) is 8.76. The Bertz CT molecular complexity index is 102. The lowest BCUT2D eigenvalue weighted by molar-refractivity contribution is -0.107. The highest BCUT2D eigenvalue weighted by atomic mass is 16.5. The Balaban J connectivity index is 2.79. The highest BCUT2D eigenvalue weighted by Gasteiger charge is 1.90. The minimum Gasteiger partial charge on any atom is -0.382 e. The van der Waals surface area contributed by atoms with Crippen LogP contribution < -0.4 is 0 Å². The maximum Gasteiger partial charge on any atom is 0.119 e. The van der Waals surface area contributed by atoms with Crippen LogP contribution in [0.5, 0.6) is 0 Å². The van der Waals surface area contributed by atoms with Gasteiger partial charge in [-0.25, -0.2) is 0 Å². The molecule has 0 spiro atoms. The molecule has 0 radical (unpaired) electrons. The van der Waals surface area contributed by atoms with Crippen molar-refractivity contribution in [1.29, 1.82) is 0 Å². The van der Waals surface area contributed by atoms with Gasteiger partial charge in [0.25, 0.3) is 0 Å². The summed E-state index contributed by atoms with van der Waals surface area (Å²) in [6.07, 6.45) is 9.00. The van der Waals surface area contributed by atoms with Crippen molar-refractivity contribution >= 4 is 6.29 Å². The average Bonchev–Trinajstić information content (AvgIpc) is 2.16. The SMILES string of the molecule is CCOCCCCCCCCC=O. The van der Waals surface area contributed by atoms with E-state index in [9.17, 15) is 4.79 Å². The Morgan fingerprint density at radius 2 is 1.62 bits per heavy atom. The monoisotopic (exact) mass is 186 g/mol. The van der Waals surface area contributed by atoms with Crippen molar-refractivity contribution in [3.63, 3.8) is 0 Å².